The average molecular weight is 1010 g/mol. The summed E-state index contributed by atoms with van der Waals surface area (Å²) in [5.41, 5.74) is 21.2. The van der Waals surface area contributed by atoms with Gasteiger partial charge in [0.1, 0.15) is 0 Å². The highest BCUT2D eigenvalue weighted by Gasteiger charge is 2.23. The van der Waals surface area contributed by atoms with Crippen LogP contribution in [0, 0.1) is 0 Å². The maximum atomic E-state index is 8.59. The van der Waals surface area contributed by atoms with Gasteiger partial charge in [0.25, 0.3) is 0 Å². The number of aryl methyl sites for hydroxylation is 4. The van der Waals surface area contributed by atoms with E-state index in [1.165, 1.54) is 0 Å². The van der Waals surface area contributed by atoms with E-state index in [1.54, 1.807) is 24.3 Å². The van der Waals surface area contributed by atoms with Crippen molar-refractivity contribution in [2.75, 3.05) is 9.80 Å². The van der Waals surface area contributed by atoms with E-state index in [0.29, 0.717) is 22.3 Å². The molecule has 0 bridgehead atoms. The van der Waals surface area contributed by atoms with Gasteiger partial charge in [0.05, 0.1) is 11.4 Å². The molecule has 2 aliphatic carbocycles. The highest BCUT2D eigenvalue weighted by molar-refractivity contribution is 5.93. The lowest BCUT2D eigenvalue weighted by Gasteiger charge is -2.29. The molecular weight excluding hydrogens is 941 g/mol. The molecule has 0 saturated carbocycles. The number of nitrogens with zero attached hydrogens (tertiary/aromatic N) is 2. The van der Waals surface area contributed by atoms with Gasteiger partial charge in [-0.3, -0.25) is 0 Å². The molecule has 0 radical (unpaired) electrons. The van der Waals surface area contributed by atoms with E-state index in [-0.39, 0.29) is 0 Å². The zero-order chi connectivity index (χ0) is 59.0. The Morgan fingerprint density at radius 2 is 0.449 bits per heavy atom. The summed E-state index contributed by atoms with van der Waals surface area (Å²) in [7, 11) is 0. The second kappa shape index (κ2) is 20.4. The molecule has 2 aliphatic rings. The molecule has 0 amide bonds. The summed E-state index contributed by atoms with van der Waals surface area (Å²) in [6.07, 6.45) is -8.28. The standard InChI is InChI=1S/C76H56N2/c1-5-13-53(14-6-1)55-29-39-69(40-30-55)77(75-47-37-67(51-73(75)61-17-9-3-10-18-61)65-27-23-59-21-25-63(59)49-65)71-43-33-57(34-44-71)58-35-45-72(46-36-58)78(70-41-31-56(32-42-70)54-15-7-2-8-16-54)76-48-38-68(52-74(76)62-19-11-4-12-20-62)66-28-24-60-22-26-64(60)50-66/h1-20,23-24,27-52H,21-22,25-26H2/i21D2,22D2,25D2,26D2. The molecule has 370 valence electrons. The Labute approximate surface area is 469 Å². The average Bonchev–Trinajstić information content (AvgIpc) is 0.732. The van der Waals surface area contributed by atoms with Crippen LogP contribution in [-0.4, -0.2) is 0 Å². The van der Waals surface area contributed by atoms with Crippen molar-refractivity contribution in [1.29, 1.82) is 0 Å². The fraction of sp³-hybridized carbons (Fsp3) is 0.0526. The molecule has 12 aromatic carbocycles. The molecule has 0 heterocycles. The van der Waals surface area contributed by atoms with E-state index in [0.717, 1.165) is 112 Å². The third-order valence-electron chi connectivity index (χ3n) is 15.1. The van der Waals surface area contributed by atoms with Crippen LogP contribution in [-0.2, 0) is 25.5 Å². The molecule has 2 heteroatoms. The van der Waals surface area contributed by atoms with Crippen LogP contribution in [0.15, 0.2) is 291 Å². The molecule has 0 fully saturated rings. The highest BCUT2D eigenvalue weighted by Crippen LogP contribution is 2.46. The third kappa shape index (κ3) is 9.08. The monoisotopic (exact) mass is 1000 g/mol. The van der Waals surface area contributed by atoms with Gasteiger partial charge in [-0.15, -0.1) is 0 Å². The summed E-state index contributed by atoms with van der Waals surface area (Å²) in [6, 6.07) is 99.6. The van der Waals surface area contributed by atoms with Crippen LogP contribution in [0.4, 0.5) is 34.1 Å². The second-order valence-electron chi connectivity index (χ2n) is 19.8. The lowest BCUT2D eigenvalue weighted by Crippen LogP contribution is -2.12. The lowest BCUT2D eigenvalue weighted by molar-refractivity contribution is 0.840. The normalized spacial score (nSPS) is 16.3. The largest absolute Gasteiger partial charge is 0.310 e. The first-order chi connectivity index (χ1) is 41.7. The Balaban J connectivity index is 0.849. The van der Waals surface area contributed by atoms with E-state index in [1.807, 2.05) is 60.7 Å². The minimum Gasteiger partial charge on any atom is -0.310 e. The van der Waals surface area contributed by atoms with E-state index >= 15 is 0 Å². The Morgan fingerprint density at radius 1 is 0.205 bits per heavy atom. The highest BCUT2D eigenvalue weighted by atomic mass is 15.1. The van der Waals surface area contributed by atoms with Gasteiger partial charge in [-0.05, 0) is 187 Å². The lowest BCUT2D eigenvalue weighted by atomic mass is 9.85. The second-order valence-corrected chi connectivity index (χ2v) is 19.8. The maximum Gasteiger partial charge on any atom is 0.0540 e. The molecule has 0 aromatic heterocycles. The van der Waals surface area contributed by atoms with Gasteiger partial charge in [0.15, 0.2) is 0 Å². The Kier molecular flexibility index (Phi) is 10.1. The molecule has 0 unspecified atom stereocenters. The zero-order valence-corrected chi connectivity index (χ0v) is 42.6. The van der Waals surface area contributed by atoms with Crippen LogP contribution >= 0.6 is 0 Å². The van der Waals surface area contributed by atoms with Crippen molar-refractivity contribution in [3.8, 4) is 77.9 Å². The van der Waals surface area contributed by atoms with Crippen molar-refractivity contribution in [1.82, 2.24) is 0 Å². The topological polar surface area (TPSA) is 6.48 Å². The third-order valence-corrected chi connectivity index (χ3v) is 15.1. The first-order valence-electron chi connectivity index (χ1n) is 30.5. The first-order valence-corrected chi connectivity index (χ1v) is 26.5. The number of hydrogen-bond donors (Lipinski definition) is 0. The molecule has 0 aliphatic heterocycles. The fourth-order valence-electron chi connectivity index (χ4n) is 10.9. The molecule has 2 nitrogen and oxygen atoms in total. The van der Waals surface area contributed by atoms with Crippen molar-refractivity contribution in [3.05, 3.63) is 313 Å². The van der Waals surface area contributed by atoms with Crippen molar-refractivity contribution < 1.29 is 11.0 Å². The summed E-state index contributed by atoms with van der Waals surface area (Å²) in [4.78, 5) is 4.57. The van der Waals surface area contributed by atoms with Crippen LogP contribution in [0.25, 0.3) is 77.9 Å². The molecule has 78 heavy (non-hydrogen) atoms. The van der Waals surface area contributed by atoms with Gasteiger partial charge in [0, 0.05) is 44.8 Å². The van der Waals surface area contributed by atoms with Gasteiger partial charge in [-0.1, -0.05) is 218 Å². The quantitative estimate of drug-likeness (QED) is 0.114. The molecule has 12 aromatic rings. The number of benzene rings is 12. The predicted octanol–water partition coefficient (Wildman–Crippen LogP) is 20.5. The van der Waals surface area contributed by atoms with E-state index in [9.17, 15) is 0 Å². The minimum absolute atomic E-state index is 0.384. The van der Waals surface area contributed by atoms with Crippen LogP contribution in [0.1, 0.15) is 33.2 Å². The fourth-order valence-corrected chi connectivity index (χ4v) is 10.9. The van der Waals surface area contributed by atoms with Crippen molar-refractivity contribution in [3.63, 3.8) is 0 Å². The first kappa shape index (κ1) is 38.7. The van der Waals surface area contributed by atoms with Gasteiger partial charge in [0.2, 0.25) is 0 Å². The summed E-state index contributed by atoms with van der Waals surface area (Å²) in [5, 5.41) is 0. The van der Waals surface area contributed by atoms with E-state index in [4.69, 9.17) is 11.0 Å². The van der Waals surface area contributed by atoms with Gasteiger partial charge < -0.3 is 9.80 Å². The smallest absolute Gasteiger partial charge is 0.0540 e. The SMILES string of the molecule is [2H]C1([2H])c2ccc(-c3ccc(N(c4ccc(-c5ccccc5)cc4)c4ccc(-c5ccc(N(c6ccc(-c7ccccc7)cc6)c6ccc(-c7ccc8c(c7)C([2H])([2H])C8([2H])[2H])cc6-c6ccccc6)cc5)cc4)c(-c4ccccc4)c3)cc2C1([2H])[2H]. The predicted molar refractivity (Wildman–Crippen MR) is 329 cm³/mol. The van der Waals surface area contributed by atoms with E-state index < -0.39 is 25.5 Å². The van der Waals surface area contributed by atoms with Crippen molar-refractivity contribution in [2.24, 2.45) is 0 Å². The van der Waals surface area contributed by atoms with Crippen molar-refractivity contribution in [2.45, 2.75) is 25.5 Å². The Hall–Kier alpha value is -9.76. The molecule has 14 rings (SSSR count). The van der Waals surface area contributed by atoms with Crippen LogP contribution in [0.5, 0.6) is 0 Å². The van der Waals surface area contributed by atoms with Gasteiger partial charge in [-0.25, -0.2) is 0 Å². The summed E-state index contributed by atoms with van der Waals surface area (Å²) in [6.45, 7) is 0. The van der Waals surface area contributed by atoms with Gasteiger partial charge >= 0.3 is 0 Å². The molecule has 0 saturated heterocycles. The molecular formula is C76H56N2. The molecule has 0 atom stereocenters. The van der Waals surface area contributed by atoms with Crippen LogP contribution in [0.2, 0.25) is 0 Å². The molecule has 0 spiro atoms. The number of fused-ring (bicyclic) bond motifs is 2. The zero-order valence-electron chi connectivity index (χ0n) is 50.6. The van der Waals surface area contributed by atoms with Crippen LogP contribution < -0.4 is 9.80 Å². The number of rotatable bonds is 13. The van der Waals surface area contributed by atoms with Crippen LogP contribution in [0.3, 0.4) is 0 Å². The van der Waals surface area contributed by atoms with Crippen molar-refractivity contribution >= 4 is 34.1 Å². The summed E-state index contributed by atoms with van der Waals surface area (Å²) in [5.74, 6) is 0. The minimum atomic E-state index is -2.09. The molecule has 0 N–H and O–H groups in total. The Bertz CT molecular complexity index is 4190. The van der Waals surface area contributed by atoms with Gasteiger partial charge in [-0.2, -0.15) is 0 Å². The maximum absolute atomic E-state index is 8.59. The summed E-state index contributed by atoms with van der Waals surface area (Å²) < 4.78 is 67.9. The summed E-state index contributed by atoms with van der Waals surface area (Å²) >= 11 is 0. The Morgan fingerprint density at radius 3 is 0.769 bits per heavy atom. The number of anilines is 6. The van der Waals surface area contributed by atoms with E-state index in [2.05, 4.69) is 216 Å². The number of hydrogen-bond acceptors (Lipinski definition) is 2.